The average molecular weight is 461 g/mol. The number of carbonyl (C=O) groups is 1. The molecular weight excluding hydrogens is 435 g/mol. The molecule has 0 atom stereocenters. The summed E-state index contributed by atoms with van der Waals surface area (Å²) >= 11 is 0. The van der Waals surface area contributed by atoms with E-state index in [9.17, 15) is 9.18 Å². The molecule has 8 nitrogen and oxygen atoms in total. The predicted molar refractivity (Wildman–Crippen MR) is 127 cm³/mol. The molecule has 0 spiro atoms. The Kier molecular flexibility index (Phi) is 7.56. The number of rotatable bonds is 10. The lowest BCUT2D eigenvalue weighted by Crippen LogP contribution is -2.24. The molecule has 9 heteroatoms. The van der Waals surface area contributed by atoms with E-state index in [1.165, 1.54) is 12.1 Å². The minimum atomic E-state index is -0.284. The average Bonchev–Trinajstić information content (AvgIpc) is 3.32. The van der Waals surface area contributed by atoms with Gasteiger partial charge in [-0.2, -0.15) is 5.10 Å². The summed E-state index contributed by atoms with van der Waals surface area (Å²) in [7, 11) is 0. The van der Waals surface area contributed by atoms with Crippen molar-refractivity contribution in [1.29, 1.82) is 0 Å². The normalized spacial score (nSPS) is 10.8. The second kappa shape index (κ2) is 11.2. The van der Waals surface area contributed by atoms with Crippen LogP contribution in [0.4, 0.5) is 10.2 Å². The van der Waals surface area contributed by atoms with Crippen LogP contribution in [0.5, 0.6) is 0 Å². The summed E-state index contributed by atoms with van der Waals surface area (Å²) in [6, 6.07) is 13.6. The fourth-order valence-electron chi connectivity index (χ4n) is 3.46. The molecule has 174 valence electrons. The summed E-state index contributed by atoms with van der Waals surface area (Å²) in [5.41, 5.74) is 3.54. The lowest BCUT2D eigenvalue weighted by molar-refractivity contribution is 0.0951. The van der Waals surface area contributed by atoms with Crippen LogP contribution in [0, 0.1) is 5.82 Å². The first-order valence-corrected chi connectivity index (χ1v) is 10.9. The number of hydrogen-bond donors (Lipinski definition) is 3. The van der Waals surface area contributed by atoms with E-state index in [-0.39, 0.29) is 18.3 Å². The summed E-state index contributed by atoms with van der Waals surface area (Å²) in [6.07, 6.45) is 7.39. The number of aromatic nitrogens is 4. The van der Waals surface area contributed by atoms with Gasteiger partial charge in [-0.15, -0.1) is 0 Å². The zero-order valence-corrected chi connectivity index (χ0v) is 18.5. The fourth-order valence-corrected chi connectivity index (χ4v) is 3.46. The van der Waals surface area contributed by atoms with E-state index in [0.29, 0.717) is 43.1 Å². The maximum Gasteiger partial charge on any atom is 0.255 e. The monoisotopic (exact) mass is 460 g/mol. The predicted octanol–water partition coefficient (Wildman–Crippen LogP) is 3.06. The number of aliphatic hydroxyl groups is 1. The molecule has 0 saturated heterocycles. The number of hydrogen-bond acceptors (Lipinski definition) is 6. The Hall–Kier alpha value is -4.11. The summed E-state index contributed by atoms with van der Waals surface area (Å²) in [5, 5.41) is 19.5. The second-order valence-electron chi connectivity index (χ2n) is 7.66. The van der Waals surface area contributed by atoms with Crippen molar-refractivity contribution in [1.82, 2.24) is 25.1 Å². The Balaban J connectivity index is 1.53. The maximum absolute atomic E-state index is 13.5. The number of nitrogens with one attached hydrogen (secondary N) is 2. The van der Waals surface area contributed by atoms with Crippen LogP contribution in [0.25, 0.3) is 11.3 Å². The number of anilines is 1. The Bertz CT molecular complexity index is 1250. The number of pyridine rings is 2. The summed E-state index contributed by atoms with van der Waals surface area (Å²) in [6.45, 7) is 1.17. The molecule has 1 amide bonds. The standard InChI is InChI=1S/C25H25FN6O2/c26-21-5-1-3-18(13-21)8-10-28-24-22(25(34)29-15-19-4-2-9-27-14-19)6-7-23(31-24)20-16-30-32(17-20)11-12-33/h1-7,9,13-14,16-17,33H,8,10-12,15H2,(H,28,31)(H,29,34). The van der Waals surface area contributed by atoms with Gasteiger partial charge in [0.25, 0.3) is 5.91 Å². The Morgan fingerprint density at radius 1 is 1.09 bits per heavy atom. The first kappa shape index (κ1) is 23.1. The third-order valence-corrected chi connectivity index (χ3v) is 5.17. The molecule has 0 aliphatic carbocycles. The smallest absolute Gasteiger partial charge is 0.255 e. The quantitative estimate of drug-likeness (QED) is 0.336. The molecule has 34 heavy (non-hydrogen) atoms. The Morgan fingerprint density at radius 2 is 1.97 bits per heavy atom. The molecule has 4 rings (SSSR count). The van der Waals surface area contributed by atoms with Crippen LogP contribution in [0.1, 0.15) is 21.5 Å². The highest BCUT2D eigenvalue weighted by molar-refractivity contribution is 5.99. The van der Waals surface area contributed by atoms with Crippen molar-refractivity contribution in [3.05, 3.63) is 95.8 Å². The van der Waals surface area contributed by atoms with Crippen LogP contribution in [-0.4, -0.2) is 43.9 Å². The van der Waals surface area contributed by atoms with Crippen molar-refractivity contribution in [2.45, 2.75) is 19.5 Å². The van der Waals surface area contributed by atoms with Crippen molar-refractivity contribution < 1.29 is 14.3 Å². The molecule has 3 heterocycles. The lowest BCUT2D eigenvalue weighted by Gasteiger charge is -2.13. The first-order valence-electron chi connectivity index (χ1n) is 10.9. The van der Waals surface area contributed by atoms with Crippen molar-refractivity contribution in [3.63, 3.8) is 0 Å². The molecular formula is C25H25FN6O2. The maximum atomic E-state index is 13.5. The number of amides is 1. The molecule has 0 radical (unpaired) electrons. The highest BCUT2D eigenvalue weighted by Crippen LogP contribution is 2.22. The van der Waals surface area contributed by atoms with Crippen molar-refractivity contribution in [3.8, 4) is 11.3 Å². The summed E-state index contributed by atoms with van der Waals surface area (Å²) in [4.78, 5) is 21.7. The van der Waals surface area contributed by atoms with Gasteiger partial charge in [0, 0.05) is 37.2 Å². The van der Waals surface area contributed by atoms with Gasteiger partial charge in [-0.1, -0.05) is 18.2 Å². The van der Waals surface area contributed by atoms with Gasteiger partial charge in [0.1, 0.15) is 11.6 Å². The number of aliphatic hydroxyl groups excluding tert-OH is 1. The SMILES string of the molecule is O=C(NCc1cccnc1)c1ccc(-c2cnn(CCO)c2)nc1NCCc1cccc(F)c1. The van der Waals surface area contributed by atoms with E-state index in [2.05, 4.69) is 25.7 Å². The molecule has 0 saturated carbocycles. The third-order valence-electron chi connectivity index (χ3n) is 5.17. The summed E-state index contributed by atoms with van der Waals surface area (Å²) in [5.74, 6) is -0.132. The molecule has 0 unspecified atom stereocenters. The van der Waals surface area contributed by atoms with Gasteiger partial charge < -0.3 is 15.7 Å². The zero-order valence-electron chi connectivity index (χ0n) is 18.5. The number of halogens is 1. The van der Waals surface area contributed by atoms with Crippen LogP contribution in [-0.2, 0) is 19.5 Å². The minimum absolute atomic E-state index is 0.0164. The highest BCUT2D eigenvalue weighted by Gasteiger charge is 2.15. The van der Waals surface area contributed by atoms with Crippen LogP contribution >= 0.6 is 0 Å². The number of nitrogens with zero attached hydrogens (tertiary/aromatic N) is 4. The molecule has 3 aromatic heterocycles. The Labute approximate surface area is 196 Å². The topological polar surface area (TPSA) is 105 Å². The van der Waals surface area contributed by atoms with Gasteiger partial charge in [0.2, 0.25) is 0 Å². The molecule has 0 aliphatic rings. The molecule has 1 aromatic carbocycles. The van der Waals surface area contributed by atoms with E-state index >= 15 is 0 Å². The minimum Gasteiger partial charge on any atom is -0.394 e. The van der Waals surface area contributed by atoms with Crippen molar-refractivity contribution in [2.75, 3.05) is 18.5 Å². The zero-order chi connectivity index (χ0) is 23.8. The van der Waals surface area contributed by atoms with Crippen LogP contribution in [0.15, 0.2) is 73.3 Å². The molecule has 4 aromatic rings. The molecule has 3 N–H and O–H groups in total. The largest absolute Gasteiger partial charge is 0.394 e. The third kappa shape index (κ3) is 6.02. The molecule has 0 aliphatic heterocycles. The van der Waals surface area contributed by atoms with Gasteiger partial charge in [-0.25, -0.2) is 9.37 Å². The molecule has 0 bridgehead atoms. The first-order chi connectivity index (χ1) is 16.6. The number of benzene rings is 1. The van der Waals surface area contributed by atoms with E-state index < -0.39 is 0 Å². The Morgan fingerprint density at radius 3 is 2.76 bits per heavy atom. The van der Waals surface area contributed by atoms with Crippen molar-refractivity contribution >= 4 is 11.7 Å². The summed E-state index contributed by atoms with van der Waals surface area (Å²) < 4.78 is 15.1. The van der Waals surface area contributed by atoms with E-state index in [1.807, 2.05) is 18.2 Å². The van der Waals surface area contributed by atoms with Gasteiger partial charge in [-0.05, 0) is 47.9 Å². The van der Waals surface area contributed by atoms with Crippen LogP contribution in [0.2, 0.25) is 0 Å². The highest BCUT2D eigenvalue weighted by atomic mass is 19.1. The van der Waals surface area contributed by atoms with Gasteiger partial charge in [0.15, 0.2) is 0 Å². The van der Waals surface area contributed by atoms with Crippen molar-refractivity contribution in [2.24, 2.45) is 0 Å². The lowest BCUT2D eigenvalue weighted by atomic mass is 10.1. The van der Waals surface area contributed by atoms with Gasteiger partial charge >= 0.3 is 0 Å². The van der Waals surface area contributed by atoms with Crippen LogP contribution in [0.3, 0.4) is 0 Å². The van der Waals surface area contributed by atoms with Gasteiger partial charge in [0.05, 0.1) is 30.6 Å². The molecule has 0 fully saturated rings. The van der Waals surface area contributed by atoms with Gasteiger partial charge in [-0.3, -0.25) is 14.5 Å². The van der Waals surface area contributed by atoms with Crippen LogP contribution < -0.4 is 10.6 Å². The second-order valence-corrected chi connectivity index (χ2v) is 7.66. The fraction of sp³-hybridized carbons (Fsp3) is 0.200. The number of carbonyl (C=O) groups excluding carboxylic acids is 1. The van der Waals surface area contributed by atoms with E-state index in [0.717, 1.165) is 16.7 Å². The van der Waals surface area contributed by atoms with E-state index in [4.69, 9.17) is 5.11 Å². The van der Waals surface area contributed by atoms with E-state index in [1.54, 1.807) is 47.7 Å².